The van der Waals surface area contributed by atoms with Crippen LogP contribution in [0, 0.1) is 13.8 Å². The zero-order chi connectivity index (χ0) is 23.5. The molecule has 1 amide bonds. The monoisotopic (exact) mass is 472 g/mol. The van der Waals surface area contributed by atoms with E-state index in [1.54, 1.807) is 19.2 Å². The Kier molecular flexibility index (Phi) is 7.11. The summed E-state index contributed by atoms with van der Waals surface area (Å²) in [6, 6.07) is 16.4. The maximum absolute atomic E-state index is 13.0. The molecule has 6 nitrogen and oxygen atoms in total. The first-order chi connectivity index (χ1) is 15.1. The summed E-state index contributed by atoms with van der Waals surface area (Å²) in [5, 5.41) is 2.90. The number of benzene rings is 3. The number of hydrogen-bond acceptors (Lipinski definition) is 4. The Labute approximate surface area is 193 Å². The number of rotatable bonds is 7. The van der Waals surface area contributed by atoms with E-state index in [1.807, 2.05) is 51.1 Å². The molecule has 3 aromatic rings. The summed E-state index contributed by atoms with van der Waals surface area (Å²) < 4.78 is 33.8. The lowest BCUT2D eigenvalue weighted by atomic mass is 10.1. The van der Waals surface area contributed by atoms with Gasteiger partial charge in [0, 0.05) is 16.8 Å². The van der Waals surface area contributed by atoms with Crippen LogP contribution in [0.25, 0.3) is 0 Å². The quantitative estimate of drug-likeness (QED) is 0.491. The number of anilines is 1. The molecule has 0 radical (unpaired) electrons. The molecule has 32 heavy (non-hydrogen) atoms. The number of methoxy groups -OCH3 is 1. The normalized spacial score (nSPS) is 12.2. The van der Waals surface area contributed by atoms with Crippen LogP contribution in [0.15, 0.2) is 65.6 Å². The van der Waals surface area contributed by atoms with Crippen LogP contribution in [0.2, 0.25) is 5.02 Å². The fraction of sp³-hybridized carbons (Fsp3) is 0.208. The van der Waals surface area contributed by atoms with Crippen molar-refractivity contribution >= 4 is 33.2 Å². The van der Waals surface area contributed by atoms with Crippen molar-refractivity contribution in [1.29, 1.82) is 0 Å². The molecule has 2 N–H and O–H groups in total. The standard InChI is InChI=1S/C24H25ClN2O4S/c1-15-9-11-19(13-16(15)2)27-32(29,30)23-14-18(10-12-21(23)25)24(28)26-17(3)20-7-5-6-8-22(20)31-4/h5-14,17,27H,1-4H3,(H,26,28)/t17-/m0/s1. The van der Waals surface area contributed by atoms with E-state index in [0.29, 0.717) is 11.4 Å². The molecule has 1 atom stereocenters. The number of hydrogen-bond donors (Lipinski definition) is 2. The number of aryl methyl sites for hydroxylation is 2. The van der Waals surface area contributed by atoms with Crippen LogP contribution in [-0.2, 0) is 10.0 Å². The summed E-state index contributed by atoms with van der Waals surface area (Å²) in [5.41, 5.74) is 3.41. The van der Waals surface area contributed by atoms with E-state index in [-0.39, 0.29) is 21.5 Å². The Bertz CT molecular complexity index is 1260. The van der Waals surface area contributed by atoms with Crippen LogP contribution < -0.4 is 14.8 Å². The van der Waals surface area contributed by atoms with Crippen molar-refractivity contribution < 1.29 is 17.9 Å². The summed E-state index contributed by atoms with van der Waals surface area (Å²) >= 11 is 6.18. The van der Waals surface area contributed by atoms with Gasteiger partial charge in [-0.2, -0.15) is 0 Å². The molecule has 0 aliphatic carbocycles. The number of para-hydroxylation sites is 1. The maximum atomic E-state index is 13.0. The van der Waals surface area contributed by atoms with Gasteiger partial charge in [0.05, 0.1) is 18.2 Å². The average molecular weight is 473 g/mol. The summed E-state index contributed by atoms with van der Waals surface area (Å²) in [7, 11) is -2.44. The number of carbonyl (C=O) groups is 1. The van der Waals surface area contributed by atoms with E-state index in [2.05, 4.69) is 10.0 Å². The topological polar surface area (TPSA) is 84.5 Å². The van der Waals surface area contributed by atoms with E-state index in [0.717, 1.165) is 16.7 Å². The van der Waals surface area contributed by atoms with Crippen LogP contribution in [0.5, 0.6) is 5.75 Å². The second-order valence-corrected chi connectivity index (χ2v) is 9.54. The van der Waals surface area contributed by atoms with Gasteiger partial charge in [0.15, 0.2) is 0 Å². The molecule has 0 aliphatic rings. The Morgan fingerprint density at radius 3 is 2.41 bits per heavy atom. The van der Waals surface area contributed by atoms with Gasteiger partial charge in [-0.05, 0) is 68.3 Å². The lowest BCUT2D eigenvalue weighted by Gasteiger charge is -2.18. The molecule has 0 saturated heterocycles. The third kappa shape index (κ3) is 5.23. The first-order valence-electron chi connectivity index (χ1n) is 9.96. The first-order valence-corrected chi connectivity index (χ1v) is 11.8. The highest BCUT2D eigenvalue weighted by Crippen LogP contribution is 2.27. The number of halogens is 1. The molecule has 168 valence electrons. The fourth-order valence-corrected chi connectivity index (χ4v) is 4.82. The predicted molar refractivity (Wildman–Crippen MR) is 127 cm³/mol. The minimum absolute atomic E-state index is 0.0238. The highest BCUT2D eigenvalue weighted by molar-refractivity contribution is 7.92. The molecule has 3 aromatic carbocycles. The molecular formula is C24H25ClN2O4S. The van der Waals surface area contributed by atoms with Gasteiger partial charge >= 0.3 is 0 Å². The van der Waals surface area contributed by atoms with Gasteiger partial charge in [0.2, 0.25) is 0 Å². The summed E-state index contributed by atoms with van der Waals surface area (Å²) in [6.07, 6.45) is 0. The molecule has 0 fully saturated rings. The molecule has 3 rings (SSSR count). The third-order valence-electron chi connectivity index (χ3n) is 5.20. The Balaban J connectivity index is 1.85. The zero-order valence-corrected chi connectivity index (χ0v) is 19.8. The van der Waals surface area contributed by atoms with Crippen LogP contribution in [0.3, 0.4) is 0 Å². The Morgan fingerprint density at radius 1 is 1.00 bits per heavy atom. The van der Waals surface area contributed by atoms with Crippen LogP contribution in [0.4, 0.5) is 5.69 Å². The molecule has 8 heteroatoms. The summed E-state index contributed by atoms with van der Waals surface area (Å²) in [6.45, 7) is 5.66. The molecule has 0 bridgehead atoms. The molecule has 0 spiro atoms. The third-order valence-corrected chi connectivity index (χ3v) is 7.06. The van der Waals surface area contributed by atoms with E-state index in [4.69, 9.17) is 16.3 Å². The van der Waals surface area contributed by atoms with Gasteiger partial charge in [0.1, 0.15) is 10.6 Å². The largest absolute Gasteiger partial charge is 0.496 e. The smallest absolute Gasteiger partial charge is 0.263 e. The van der Waals surface area contributed by atoms with Gasteiger partial charge in [-0.15, -0.1) is 0 Å². The Morgan fingerprint density at radius 2 is 1.72 bits per heavy atom. The van der Waals surface area contributed by atoms with Crippen molar-refractivity contribution in [1.82, 2.24) is 5.32 Å². The number of amides is 1. The SMILES string of the molecule is COc1ccccc1[C@H](C)NC(=O)c1ccc(Cl)c(S(=O)(=O)Nc2ccc(C)c(C)c2)c1. The van der Waals surface area contributed by atoms with E-state index < -0.39 is 15.9 Å². The van der Waals surface area contributed by atoms with Gasteiger partial charge in [-0.3, -0.25) is 9.52 Å². The van der Waals surface area contributed by atoms with Crippen molar-refractivity contribution in [2.45, 2.75) is 31.7 Å². The second-order valence-electron chi connectivity index (χ2n) is 7.49. The van der Waals surface area contributed by atoms with Gasteiger partial charge in [0.25, 0.3) is 15.9 Å². The van der Waals surface area contributed by atoms with Crippen molar-refractivity contribution in [2.24, 2.45) is 0 Å². The number of carbonyl (C=O) groups excluding carboxylic acids is 1. The highest BCUT2D eigenvalue weighted by Gasteiger charge is 2.22. The summed E-state index contributed by atoms with van der Waals surface area (Å²) in [5.74, 6) is 0.222. The van der Waals surface area contributed by atoms with Crippen molar-refractivity contribution in [3.63, 3.8) is 0 Å². The molecule has 0 saturated carbocycles. The van der Waals surface area contributed by atoms with Crippen LogP contribution >= 0.6 is 11.6 Å². The van der Waals surface area contributed by atoms with E-state index in [1.165, 1.54) is 18.2 Å². The van der Waals surface area contributed by atoms with Crippen LogP contribution in [0.1, 0.15) is 40.0 Å². The predicted octanol–water partition coefficient (Wildman–Crippen LogP) is 5.26. The van der Waals surface area contributed by atoms with E-state index in [9.17, 15) is 13.2 Å². The fourth-order valence-electron chi connectivity index (χ4n) is 3.25. The van der Waals surface area contributed by atoms with Crippen LogP contribution in [-0.4, -0.2) is 21.4 Å². The van der Waals surface area contributed by atoms with Gasteiger partial charge in [-0.25, -0.2) is 8.42 Å². The highest BCUT2D eigenvalue weighted by atomic mass is 35.5. The molecule has 0 aromatic heterocycles. The van der Waals surface area contributed by atoms with Crippen molar-refractivity contribution in [3.8, 4) is 5.75 Å². The van der Waals surface area contributed by atoms with Crippen molar-refractivity contribution in [2.75, 3.05) is 11.8 Å². The minimum atomic E-state index is -4.00. The zero-order valence-electron chi connectivity index (χ0n) is 18.3. The molecule has 0 aliphatic heterocycles. The number of nitrogens with one attached hydrogen (secondary N) is 2. The Hall–Kier alpha value is -3.03. The van der Waals surface area contributed by atoms with Crippen molar-refractivity contribution in [3.05, 3.63) is 87.9 Å². The average Bonchev–Trinajstić information content (AvgIpc) is 2.76. The molecular weight excluding hydrogens is 448 g/mol. The van der Waals surface area contributed by atoms with Gasteiger partial charge < -0.3 is 10.1 Å². The van der Waals surface area contributed by atoms with E-state index >= 15 is 0 Å². The lowest BCUT2D eigenvalue weighted by Crippen LogP contribution is -2.27. The molecule has 0 heterocycles. The van der Waals surface area contributed by atoms with Gasteiger partial charge in [-0.1, -0.05) is 35.9 Å². The number of ether oxygens (including phenoxy) is 1. The lowest BCUT2D eigenvalue weighted by molar-refractivity contribution is 0.0939. The molecule has 0 unspecified atom stereocenters. The second kappa shape index (κ2) is 9.63. The maximum Gasteiger partial charge on any atom is 0.263 e. The minimum Gasteiger partial charge on any atom is -0.496 e. The first kappa shape index (κ1) is 23.6. The summed E-state index contributed by atoms with van der Waals surface area (Å²) in [4.78, 5) is 12.7. The number of sulfonamides is 1.